The average molecular weight is 310 g/mol. The SMILES string of the molecule is Cc1cc(F)ccc1CCNC(C)c1ccc(F)cc1Cl. The lowest BCUT2D eigenvalue weighted by Crippen LogP contribution is -2.22. The summed E-state index contributed by atoms with van der Waals surface area (Å²) < 4.78 is 26.1. The van der Waals surface area contributed by atoms with Crippen molar-refractivity contribution in [3.63, 3.8) is 0 Å². The van der Waals surface area contributed by atoms with Gasteiger partial charge in [0.25, 0.3) is 0 Å². The Bertz CT molecular complexity index is 628. The van der Waals surface area contributed by atoms with Gasteiger partial charge in [0, 0.05) is 11.1 Å². The van der Waals surface area contributed by atoms with E-state index >= 15 is 0 Å². The van der Waals surface area contributed by atoms with Gasteiger partial charge in [-0.1, -0.05) is 23.7 Å². The highest BCUT2D eigenvalue weighted by molar-refractivity contribution is 6.31. The van der Waals surface area contributed by atoms with Crippen LogP contribution in [0, 0.1) is 18.6 Å². The van der Waals surface area contributed by atoms with Crippen molar-refractivity contribution in [1.82, 2.24) is 5.32 Å². The molecule has 0 bridgehead atoms. The molecule has 0 fully saturated rings. The minimum Gasteiger partial charge on any atom is -0.310 e. The molecular weight excluding hydrogens is 292 g/mol. The summed E-state index contributed by atoms with van der Waals surface area (Å²) in [5.41, 5.74) is 2.93. The number of halogens is 3. The first-order valence-electron chi connectivity index (χ1n) is 6.90. The number of aryl methyl sites for hydroxylation is 1. The van der Waals surface area contributed by atoms with Crippen molar-refractivity contribution < 1.29 is 8.78 Å². The Balaban J connectivity index is 1.93. The molecule has 0 saturated heterocycles. The number of rotatable bonds is 5. The Hall–Kier alpha value is -1.45. The largest absolute Gasteiger partial charge is 0.310 e. The topological polar surface area (TPSA) is 12.0 Å². The van der Waals surface area contributed by atoms with E-state index in [1.807, 2.05) is 19.9 Å². The van der Waals surface area contributed by atoms with Crippen LogP contribution in [0.5, 0.6) is 0 Å². The van der Waals surface area contributed by atoms with Crippen molar-refractivity contribution in [2.75, 3.05) is 6.54 Å². The maximum atomic E-state index is 13.0. The highest BCUT2D eigenvalue weighted by Gasteiger charge is 2.10. The van der Waals surface area contributed by atoms with Crippen LogP contribution in [0.25, 0.3) is 0 Å². The van der Waals surface area contributed by atoms with Gasteiger partial charge in [0.05, 0.1) is 0 Å². The molecule has 0 spiro atoms. The first-order chi connectivity index (χ1) is 9.97. The molecule has 1 N–H and O–H groups in total. The van der Waals surface area contributed by atoms with E-state index in [9.17, 15) is 8.78 Å². The van der Waals surface area contributed by atoms with Gasteiger partial charge in [-0.25, -0.2) is 8.78 Å². The van der Waals surface area contributed by atoms with Gasteiger partial charge in [0.15, 0.2) is 0 Å². The first kappa shape index (κ1) is 15.9. The van der Waals surface area contributed by atoms with Crippen molar-refractivity contribution in [2.45, 2.75) is 26.3 Å². The van der Waals surface area contributed by atoms with Gasteiger partial charge < -0.3 is 5.32 Å². The van der Waals surface area contributed by atoms with Crippen LogP contribution in [-0.4, -0.2) is 6.54 Å². The van der Waals surface area contributed by atoms with E-state index in [-0.39, 0.29) is 17.7 Å². The highest BCUT2D eigenvalue weighted by Crippen LogP contribution is 2.23. The Labute approximate surface area is 128 Å². The Morgan fingerprint density at radius 1 is 1.10 bits per heavy atom. The van der Waals surface area contributed by atoms with Gasteiger partial charge in [0.2, 0.25) is 0 Å². The predicted octanol–water partition coefficient (Wildman–Crippen LogP) is 4.82. The van der Waals surface area contributed by atoms with Gasteiger partial charge in [-0.2, -0.15) is 0 Å². The van der Waals surface area contributed by atoms with Crippen LogP contribution in [0.4, 0.5) is 8.78 Å². The maximum absolute atomic E-state index is 13.0. The van der Waals surface area contributed by atoms with Crippen LogP contribution >= 0.6 is 11.6 Å². The van der Waals surface area contributed by atoms with E-state index in [2.05, 4.69) is 5.32 Å². The van der Waals surface area contributed by atoms with Gasteiger partial charge in [-0.15, -0.1) is 0 Å². The van der Waals surface area contributed by atoms with E-state index < -0.39 is 0 Å². The van der Waals surface area contributed by atoms with E-state index in [1.165, 1.54) is 24.3 Å². The second-order valence-electron chi connectivity index (χ2n) is 5.16. The normalized spacial score (nSPS) is 12.4. The van der Waals surface area contributed by atoms with Crippen LogP contribution < -0.4 is 5.32 Å². The van der Waals surface area contributed by atoms with Gasteiger partial charge in [-0.3, -0.25) is 0 Å². The molecule has 0 saturated carbocycles. The lowest BCUT2D eigenvalue weighted by molar-refractivity contribution is 0.572. The smallest absolute Gasteiger partial charge is 0.124 e. The summed E-state index contributed by atoms with van der Waals surface area (Å²) in [4.78, 5) is 0. The molecule has 0 heterocycles. The molecule has 4 heteroatoms. The molecule has 1 nitrogen and oxygen atoms in total. The number of hydrogen-bond acceptors (Lipinski definition) is 1. The van der Waals surface area contributed by atoms with E-state index in [0.717, 1.165) is 29.7 Å². The van der Waals surface area contributed by atoms with E-state index in [1.54, 1.807) is 6.07 Å². The van der Waals surface area contributed by atoms with Crippen LogP contribution in [0.1, 0.15) is 29.7 Å². The third-order valence-electron chi connectivity index (χ3n) is 3.58. The summed E-state index contributed by atoms with van der Waals surface area (Å²) in [7, 11) is 0. The molecule has 2 aromatic carbocycles. The van der Waals surface area contributed by atoms with Crippen LogP contribution in [0.2, 0.25) is 5.02 Å². The Kier molecular flexibility index (Phi) is 5.32. The quantitative estimate of drug-likeness (QED) is 0.835. The Morgan fingerprint density at radius 2 is 1.76 bits per heavy atom. The zero-order valence-corrected chi connectivity index (χ0v) is 12.8. The van der Waals surface area contributed by atoms with Crippen LogP contribution in [0.3, 0.4) is 0 Å². The molecule has 0 aliphatic rings. The fourth-order valence-corrected chi connectivity index (χ4v) is 2.66. The van der Waals surface area contributed by atoms with Gasteiger partial charge >= 0.3 is 0 Å². The molecule has 0 aliphatic heterocycles. The lowest BCUT2D eigenvalue weighted by atomic mass is 10.0. The van der Waals surface area contributed by atoms with Gasteiger partial charge in [-0.05, 0) is 67.8 Å². The molecule has 0 radical (unpaired) electrons. The summed E-state index contributed by atoms with van der Waals surface area (Å²) in [6, 6.07) is 9.26. The monoisotopic (exact) mass is 309 g/mol. The summed E-state index contributed by atoms with van der Waals surface area (Å²) in [5.74, 6) is -0.548. The first-order valence-corrected chi connectivity index (χ1v) is 7.28. The predicted molar refractivity (Wildman–Crippen MR) is 82.7 cm³/mol. The van der Waals surface area contributed by atoms with Crippen molar-refractivity contribution in [2.24, 2.45) is 0 Å². The highest BCUT2D eigenvalue weighted by atomic mass is 35.5. The minimum atomic E-state index is -0.335. The van der Waals surface area contributed by atoms with Crippen molar-refractivity contribution >= 4 is 11.6 Å². The second-order valence-corrected chi connectivity index (χ2v) is 5.57. The third kappa shape index (κ3) is 4.26. The number of hydrogen-bond donors (Lipinski definition) is 1. The van der Waals surface area contributed by atoms with Crippen LogP contribution in [-0.2, 0) is 6.42 Å². The van der Waals surface area contributed by atoms with Crippen molar-refractivity contribution in [3.8, 4) is 0 Å². The van der Waals surface area contributed by atoms with Crippen molar-refractivity contribution in [3.05, 3.63) is 69.7 Å². The molecule has 0 aromatic heterocycles. The van der Waals surface area contributed by atoms with E-state index in [4.69, 9.17) is 11.6 Å². The molecule has 1 atom stereocenters. The molecular formula is C17H18ClF2N. The second kappa shape index (κ2) is 7.01. The summed E-state index contributed by atoms with van der Waals surface area (Å²) in [5, 5.41) is 3.77. The molecule has 21 heavy (non-hydrogen) atoms. The molecule has 1 unspecified atom stereocenters. The van der Waals surface area contributed by atoms with E-state index in [0.29, 0.717) is 5.02 Å². The summed E-state index contributed by atoms with van der Waals surface area (Å²) in [6.07, 6.45) is 0.801. The fraction of sp³-hybridized carbons (Fsp3) is 0.294. The zero-order chi connectivity index (χ0) is 15.4. The standard InChI is InChI=1S/C17H18ClF2N/c1-11-9-14(19)4-3-13(11)7-8-21-12(2)16-6-5-15(20)10-17(16)18/h3-6,9-10,12,21H,7-8H2,1-2H3. The molecule has 0 aliphatic carbocycles. The lowest BCUT2D eigenvalue weighted by Gasteiger charge is -2.16. The number of benzene rings is 2. The average Bonchev–Trinajstić information content (AvgIpc) is 2.41. The summed E-state index contributed by atoms with van der Waals surface area (Å²) in [6.45, 7) is 4.62. The summed E-state index contributed by atoms with van der Waals surface area (Å²) >= 11 is 6.04. The molecule has 2 aromatic rings. The Morgan fingerprint density at radius 3 is 2.43 bits per heavy atom. The van der Waals surface area contributed by atoms with Gasteiger partial charge in [0.1, 0.15) is 11.6 Å². The molecule has 112 valence electrons. The fourth-order valence-electron chi connectivity index (χ4n) is 2.33. The molecule has 0 amide bonds. The molecule has 2 rings (SSSR count). The zero-order valence-electron chi connectivity index (χ0n) is 12.1. The third-order valence-corrected chi connectivity index (χ3v) is 3.91. The minimum absolute atomic E-state index is 0.0267. The maximum Gasteiger partial charge on any atom is 0.124 e. The number of nitrogens with one attached hydrogen (secondary N) is 1. The van der Waals surface area contributed by atoms with Crippen LogP contribution in [0.15, 0.2) is 36.4 Å². The van der Waals surface area contributed by atoms with Crippen molar-refractivity contribution in [1.29, 1.82) is 0 Å².